The number of rotatable bonds is 3. The van der Waals surface area contributed by atoms with Gasteiger partial charge in [-0.05, 0) is 6.92 Å². The average molecular weight is 147 g/mol. The lowest BCUT2D eigenvalue weighted by molar-refractivity contribution is -0.120. The van der Waals surface area contributed by atoms with E-state index >= 15 is 0 Å². The standard InChI is InChI=1S/C5H11N2OS/c1-4(3-9)7-5(8)2-6/h4H,2-3,6H2,1H3,(H,7,8)/t4-/m1/s1. The lowest BCUT2D eigenvalue weighted by Gasteiger charge is -2.07. The van der Waals surface area contributed by atoms with Gasteiger partial charge in [0.25, 0.3) is 0 Å². The highest BCUT2D eigenvalue weighted by atomic mass is 32.1. The quantitative estimate of drug-likeness (QED) is 0.573. The first-order valence-electron chi connectivity index (χ1n) is 2.78. The zero-order valence-corrected chi connectivity index (χ0v) is 6.20. The molecular formula is C5H11N2OS. The molecule has 3 N–H and O–H groups in total. The summed E-state index contributed by atoms with van der Waals surface area (Å²) < 4.78 is 0. The molecule has 9 heavy (non-hydrogen) atoms. The van der Waals surface area contributed by atoms with Crippen LogP contribution in [0.15, 0.2) is 0 Å². The summed E-state index contributed by atoms with van der Waals surface area (Å²) in [5.41, 5.74) is 5.03. The van der Waals surface area contributed by atoms with Gasteiger partial charge in [-0.3, -0.25) is 4.79 Å². The van der Waals surface area contributed by atoms with Crippen LogP contribution >= 0.6 is 12.6 Å². The molecule has 3 nitrogen and oxygen atoms in total. The Kier molecular flexibility index (Phi) is 4.53. The topological polar surface area (TPSA) is 55.1 Å². The van der Waals surface area contributed by atoms with E-state index in [4.69, 9.17) is 5.73 Å². The molecule has 1 atom stereocenters. The van der Waals surface area contributed by atoms with Crippen molar-refractivity contribution in [2.24, 2.45) is 5.73 Å². The Morgan fingerprint density at radius 3 is 2.78 bits per heavy atom. The Bertz CT molecular complexity index is 97.0. The summed E-state index contributed by atoms with van der Waals surface area (Å²) in [6.07, 6.45) is 0. The summed E-state index contributed by atoms with van der Waals surface area (Å²) in [7, 11) is 0. The van der Waals surface area contributed by atoms with Gasteiger partial charge >= 0.3 is 0 Å². The van der Waals surface area contributed by atoms with E-state index in [0.717, 1.165) is 0 Å². The fraction of sp³-hybridized carbons (Fsp3) is 0.800. The normalized spacial score (nSPS) is 12.8. The molecule has 0 spiro atoms. The molecular weight excluding hydrogens is 136 g/mol. The predicted molar refractivity (Wildman–Crippen MR) is 39.1 cm³/mol. The Hall–Kier alpha value is -0.220. The Labute approximate surface area is 60.4 Å². The fourth-order valence-corrected chi connectivity index (χ4v) is 0.459. The minimum Gasteiger partial charge on any atom is -0.352 e. The van der Waals surface area contributed by atoms with Gasteiger partial charge < -0.3 is 11.1 Å². The smallest absolute Gasteiger partial charge is 0.233 e. The van der Waals surface area contributed by atoms with Gasteiger partial charge in [-0.15, -0.1) is 0 Å². The Morgan fingerprint density at radius 1 is 1.89 bits per heavy atom. The molecule has 0 aliphatic heterocycles. The molecule has 0 saturated carbocycles. The molecule has 0 aliphatic carbocycles. The second-order valence-corrected chi connectivity index (χ2v) is 2.17. The van der Waals surface area contributed by atoms with Crippen molar-refractivity contribution in [3.8, 4) is 0 Å². The lowest BCUT2D eigenvalue weighted by Crippen LogP contribution is -2.37. The van der Waals surface area contributed by atoms with Crippen LogP contribution < -0.4 is 11.1 Å². The van der Waals surface area contributed by atoms with E-state index in [0.29, 0.717) is 5.75 Å². The summed E-state index contributed by atoms with van der Waals surface area (Å²) in [4.78, 5) is 10.5. The number of hydrogen-bond donors (Lipinski definition) is 2. The number of carbonyl (C=O) groups excluding carboxylic acids is 1. The van der Waals surface area contributed by atoms with Gasteiger partial charge in [-0.25, -0.2) is 0 Å². The second kappa shape index (κ2) is 4.64. The molecule has 0 aromatic carbocycles. The maximum absolute atomic E-state index is 10.5. The fourth-order valence-electron chi connectivity index (χ4n) is 0.375. The number of nitrogens with two attached hydrogens (primary N) is 1. The van der Waals surface area contributed by atoms with E-state index in [1.807, 2.05) is 6.92 Å². The molecule has 0 heterocycles. The van der Waals surface area contributed by atoms with Crippen molar-refractivity contribution in [3.63, 3.8) is 0 Å². The van der Waals surface area contributed by atoms with E-state index in [1.54, 1.807) is 0 Å². The van der Waals surface area contributed by atoms with E-state index in [-0.39, 0.29) is 18.5 Å². The van der Waals surface area contributed by atoms with Crippen molar-refractivity contribution >= 4 is 18.5 Å². The minimum absolute atomic E-state index is 0.0413. The van der Waals surface area contributed by atoms with Gasteiger partial charge in [0.15, 0.2) is 0 Å². The zero-order valence-electron chi connectivity index (χ0n) is 5.39. The second-order valence-electron chi connectivity index (χ2n) is 1.84. The van der Waals surface area contributed by atoms with Crippen molar-refractivity contribution < 1.29 is 4.79 Å². The third kappa shape index (κ3) is 4.29. The first kappa shape index (κ1) is 8.78. The van der Waals surface area contributed by atoms with Crippen LogP contribution in [-0.2, 0) is 4.79 Å². The van der Waals surface area contributed by atoms with E-state index in [9.17, 15) is 4.79 Å². The maximum Gasteiger partial charge on any atom is 0.233 e. The van der Waals surface area contributed by atoms with Gasteiger partial charge in [0.1, 0.15) is 0 Å². The summed E-state index contributed by atoms with van der Waals surface area (Å²) in [5, 5.41) is 2.61. The highest BCUT2D eigenvalue weighted by molar-refractivity contribution is 7.80. The molecule has 53 valence electrons. The molecule has 0 bridgehead atoms. The first-order valence-corrected chi connectivity index (χ1v) is 3.36. The zero-order chi connectivity index (χ0) is 7.28. The van der Waals surface area contributed by atoms with Crippen LogP contribution in [-0.4, -0.2) is 24.2 Å². The average Bonchev–Trinajstić information content (AvgIpc) is 1.87. The van der Waals surface area contributed by atoms with Crippen LogP contribution in [0.5, 0.6) is 0 Å². The molecule has 0 rings (SSSR count). The van der Waals surface area contributed by atoms with Gasteiger partial charge in [-0.1, -0.05) is 12.6 Å². The summed E-state index contributed by atoms with van der Waals surface area (Å²) in [6.45, 7) is 1.89. The van der Waals surface area contributed by atoms with Crippen LogP contribution in [0, 0.1) is 0 Å². The number of nitrogens with one attached hydrogen (secondary N) is 1. The largest absolute Gasteiger partial charge is 0.352 e. The molecule has 0 fully saturated rings. The predicted octanol–water partition coefficient (Wildman–Crippen LogP) is -0.353. The van der Waals surface area contributed by atoms with E-state index < -0.39 is 0 Å². The van der Waals surface area contributed by atoms with Crippen LogP contribution in [0.1, 0.15) is 6.92 Å². The van der Waals surface area contributed by atoms with Gasteiger partial charge in [0.2, 0.25) is 5.91 Å². The maximum atomic E-state index is 10.5. The van der Waals surface area contributed by atoms with Crippen molar-refractivity contribution in [3.05, 3.63) is 0 Å². The Balaban J connectivity index is 3.34. The molecule has 0 aliphatic rings. The molecule has 0 aromatic rings. The van der Waals surface area contributed by atoms with E-state index in [2.05, 4.69) is 17.9 Å². The van der Waals surface area contributed by atoms with Crippen LogP contribution in [0.4, 0.5) is 0 Å². The van der Waals surface area contributed by atoms with Gasteiger partial charge in [0.05, 0.1) is 6.54 Å². The van der Waals surface area contributed by atoms with Crippen molar-refractivity contribution in [2.75, 3.05) is 12.3 Å². The molecule has 4 heteroatoms. The minimum atomic E-state index is -0.146. The summed E-state index contributed by atoms with van der Waals surface area (Å²) in [6, 6.07) is 0.0658. The van der Waals surface area contributed by atoms with Gasteiger partial charge in [-0.2, -0.15) is 0 Å². The number of hydrogen-bond acceptors (Lipinski definition) is 2. The monoisotopic (exact) mass is 147 g/mol. The number of amides is 1. The van der Waals surface area contributed by atoms with Crippen LogP contribution in [0.2, 0.25) is 0 Å². The van der Waals surface area contributed by atoms with Gasteiger partial charge in [0, 0.05) is 11.8 Å². The third-order valence-corrected chi connectivity index (χ3v) is 1.34. The number of carbonyl (C=O) groups is 1. The highest BCUT2D eigenvalue weighted by Crippen LogP contribution is 1.83. The molecule has 0 unspecified atom stereocenters. The Morgan fingerprint density at radius 2 is 2.44 bits per heavy atom. The van der Waals surface area contributed by atoms with Crippen LogP contribution in [0.25, 0.3) is 0 Å². The third-order valence-electron chi connectivity index (χ3n) is 0.843. The summed E-state index contributed by atoms with van der Waals surface area (Å²) >= 11 is 4.69. The summed E-state index contributed by atoms with van der Waals surface area (Å²) in [5.74, 6) is 0.388. The van der Waals surface area contributed by atoms with E-state index in [1.165, 1.54) is 0 Å². The first-order chi connectivity index (χ1) is 4.20. The van der Waals surface area contributed by atoms with Crippen molar-refractivity contribution in [1.29, 1.82) is 0 Å². The SMILES string of the molecule is C[C@H](C[S])NC(=O)CN. The molecule has 0 aromatic heterocycles. The molecule has 1 amide bonds. The molecule has 1 radical (unpaired) electrons. The van der Waals surface area contributed by atoms with Crippen molar-refractivity contribution in [2.45, 2.75) is 13.0 Å². The highest BCUT2D eigenvalue weighted by Gasteiger charge is 2.01. The lowest BCUT2D eigenvalue weighted by atomic mass is 10.4. The molecule has 0 saturated heterocycles. The van der Waals surface area contributed by atoms with Crippen LogP contribution in [0.3, 0.4) is 0 Å². The van der Waals surface area contributed by atoms with Crippen molar-refractivity contribution in [1.82, 2.24) is 5.32 Å².